The largest absolute Gasteiger partial charge is 0.269 e. The van der Waals surface area contributed by atoms with Crippen molar-refractivity contribution >= 4 is 17.3 Å². The predicted molar refractivity (Wildman–Crippen MR) is 76.6 cm³/mol. The number of hydrogen-bond donors (Lipinski definition) is 0. The first-order chi connectivity index (χ1) is 9.61. The quantitative estimate of drug-likeness (QED) is 0.628. The molecular weight excluding hydrogens is 276 g/mol. The van der Waals surface area contributed by atoms with Crippen molar-refractivity contribution in [2.24, 2.45) is 0 Å². The Morgan fingerprint density at radius 1 is 1.20 bits per heavy atom. The van der Waals surface area contributed by atoms with Gasteiger partial charge in [-0.1, -0.05) is 41.9 Å². The number of non-ortho nitro benzene ring substituents is 1. The lowest BCUT2D eigenvalue weighted by Gasteiger charge is -2.10. The number of hydrogen-bond acceptors (Lipinski definition) is 3. The van der Waals surface area contributed by atoms with E-state index in [-0.39, 0.29) is 11.6 Å². The van der Waals surface area contributed by atoms with E-state index in [1.807, 2.05) is 18.2 Å². The fourth-order valence-electron chi connectivity index (χ4n) is 1.95. The normalized spacial score (nSPS) is 11.6. The molecule has 20 heavy (non-hydrogen) atoms. The highest BCUT2D eigenvalue weighted by molar-refractivity contribution is 6.31. The second-order valence-electron chi connectivity index (χ2n) is 4.33. The Morgan fingerprint density at radius 3 is 2.40 bits per heavy atom. The van der Waals surface area contributed by atoms with Crippen LogP contribution < -0.4 is 0 Å². The van der Waals surface area contributed by atoms with E-state index in [0.717, 1.165) is 11.1 Å². The third kappa shape index (κ3) is 3.14. The van der Waals surface area contributed by atoms with Crippen molar-refractivity contribution in [1.29, 1.82) is 5.26 Å². The Bertz CT molecular complexity index is 662. The summed E-state index contributed by atoms with van der Waals surface area (Å²) in [6.07, 6.45) is 0.480. The fraction of sp³-hybridized carbons (Fsp3) is 0.133. The van der Waals surface area contributed by atoms with E-state index in [1.165, 1.54) is 12.1 Å². The van der Waals surface area contributed by atoms with Gasteiger partial charge in [0.2, 0.25) is 0 Å². The maximum atomic E-state index is 10.6. The SMILES string of the molecule is N#CC(Cc1ccccc1Cl)c1ccc([N+](=O)[O-])cc1. The molecular formula is C15H11ClN2O2. The van der Waals surface area contributed by atoms with Gasteiger partial charge in [0.05, 0.1) is 16.9 Å². The second kappa shape index (κ2) is 6.18. The molecule has 4 nitrogen and oxygen atoms in total. The van der Waals surface area contributed by atoms with Crippen molar-refractivity contribution in [2.75, 3.05) is 0 Å². The smallest absolute Gasteiger partial charge is 0.258 e. The van der Waals surface area contributed by atoms with Crippen LogP contribution >= 0.6 is 11.6 Å². The molecule has 100 valence electrons. The number of benzene rings is 2. The molecule has 0 bridgehead atoms. The summed E-state index contributed by atoms with van der Waals surface area (Å²) in [5.41, 5.74) is 1.65. The van der Waals surface area contributed by atoms with Crippen molar-refractivity contribution in [3.8, 4) is 6.07 Å². The molecule has 0 aliphatic carbocycles. The molecule has 0 saturated carbocycles. The maximum Gasteiger partial charge on any atom is 0.269 e. The minimum Gasteiger partial charge on any atom is -0.258 e. The number of nitriles is 1. The van der Waals surface area contributed by atoms with E-state index < -0.39 is 4.92 Å². The Kier molecular flexibility index (Phi) is 4.34. The summed E-state index contributed by atoms with van der Waals surface area (Å²) in [5, 5.41) is 20.5. The molecule has 0 heterocycles. The van der Waals surface area contributed by atoms with E-state index in [4.69, 9.17) is 11.6 Å². The Morgan fingerprint density at radius 2 is 1.85 bits per heavy atom. The highest BCUT2D eigenvalue weighted by atomic mass is 35.5. The molecule has 0 fully saturated rings. The van der Waals surface area contributed by atoms with E-state index in [0.29, 0.717) is 11.4 Å². The highest BCUT2D eigenvalue weighted by Crippen LogP contribution is 2.26. The molecule has 0 aliphatic heterocycles. The van der Waals surface area contributed by atoms with Crippen molar-refractivity contribution in [1.82, 2.24) is 0 Å². The van der Waals surface area contributed by atoms with Crippen LogP contribution in [-0.4, -0.2) is 4.92 Å². The van der Waals surface area contributed by atoms with Gasteiger partial charge in [-0.2, -0.15) is 5.26 Å². The monoisotopic (exact) mass is 286 g/mol. The summed E-state index contributed by atoms with van der Waals surface area (Å²) in [6.45, 7) is 0. The Labute approximate surface area is 121 Å². The zero-order valence-electron chi connectivity index (χ0n) is 10.5. The van der Waals surface area contributed by atoms with Gasteiger partial charge in [-0.25, -0.2) is 0 Å². The number of nitro groups is 1. The number of nitrogens with zero attached hydrogens (tertiary/aromatic N) is 2. The van der Waals surface area contributed by atoms with Gasteiger partial charge in [-0.3, -0.25) is 10.1 Å². The average Bonchev–Trinajstić information content (AvgIpc) is 2.46. The van der Waals surface area contributed by atoms with Gasteiger partial charge in [-0.15, -0.1) is 0 Å². The zero-order valence-corrected chi connectivity index (χ0v) is 11.2. The van der Waals surface area contributed by atoms with Crippen LogP contribution in [0.4, 0.5) is 5.69 Å². The minimum atomic E-state index is -0.459. The number of halogens is 1. The van der Waals surface area contributed by atoms with Crippen LogP contribution in [0, 0.1) is 21.4 Å². The second-order valence-corrected chi connectivity index (χ2v) is 4.73. The van der Waals surface area contributed by atoms with Crippen LogP contribution in [0.3, 0.4) is 0 Å². The maximum absolute atomic E-state index is 10.6. The molecule has 0 saturated heterocycles. The molecule has 2 aromatic carbocycles. The Balaban J connectivity index is 2.23. The molecule has 0 aliphatic rings. The number of nitro benzene ring substituents is 1. The molecule has 0 radical (unpaired) electrons. The van der Waals surface area contributed by atoms with Gasteiger partial charge in [0, 0.05) is 17.2 Å². The third-order valence-electron chi connectivity index (χ3n) is 3.04. The van der Waals surface area contributed by atoms with E-state index >= 15 is 0 Å². The zero-order chi connectivity index (χ0) is 14.5. The van der Waals surface area contributed by atoms with E-state index in [1.54, 1.807) is 18.2 Å². The van der Waals surface area contributed by atoms with Crippen LogP contribution in [0.1, 0.15) is 17.0 Å². The first kappa shape index (κ1) is 14.0. The summed E-state index contributed by atoms with van der Waals surface area (Å²) in [7, 11) is 0. The van der Waals surface area contributed by atoms with Gasteiger partial charge in [0.25, 0.3) is 5.69 Å². The molecule has 1 unspecified atom stereocenters. The predicted octanol–water partition coefficient (Wildman–Crippen LogP) is 4.10. The molecule has 1 atom stereocenters. The van der Waals surface area contributed by atoms with E-state index in [2.05, 4.69) is 6.07 Å². The van der Waals surface area contributed by atoms with Gasteiger partial charge in [0.15, 0.2) is 0 Å². The summed E-state index contributed by atoms with van der Waals surface area (Å²) in [6, 6.07) is 15.6. The van der Waals surface area contributed by atoms with Crippen molar-refractivity contribution < 1.29 is 4.92 Å². The summed E-state index contributed by atoms with van der Waals surface area (Å²) in [4.78, 5) is 10.2. The third-order valence-corrected chi connectivity index (χ3v) is 3.41. The minimum absolute atomic E-state index is 0.0168. The topological polar surface area (TPSA) is 66.9 Å². The molecule has 0 aromatic heterocycles. The first-order valence-electron chi connectivity index (χ1n) is 5.99. The van der Waals surface area contributed by atoms with Crippen molar-refractivity contribution in [3.05, 3.63) is 74.8 Å². The lowest BCUT2D eigenvalue weighted by atomic mass is 9.93. The summed E-state index contributed by atoms with van der Waals surface area (Å²) in [5.74, 6) is -0.379. The molecule has 0 amide bonds. The molecule has 0 N–H and O–H groups in total. The molecule has 2 aromatic rings. The molecule has 0 spiro atoms. The molecule has 2 rings (SSSR count). The van der Waals surface area contributed by atoms with Gasteiger partial charge in [0.1, 0.15) is 0 Å². The van der Waals surface area contributed by atoms with Crippen LogP contribution in [0.5, 0.6) is 0 Å². The molecule has 5 heteroatoms. The van der Waals surface area contributed by atoms with Crippen molar-refractivity contribution in [2.45, 2.75) is 12.3 Å². The summed E-state index contributed by atoms with van der Waals surface area (Å²) >= 11 is 6.08. The van der Waals surface area contributed by atoms with Crippen LogP contribution in [0.15, 0.2) is 48.5 Å². The standard InChI is InChI=1S/C15H11ClN2O2/c16-15-4-2-1-3-12(15)9-13(10-17)11-5-7-14(8-6-11)18(19)20/h1-8,13H,9H2. The lowest BCUT2D eigenvalue weighted by Crippen LogP contribution is -2.01. The Hall–Kier alpha value is -2.38. The number of rotatable bonds is 4. The fourth-order valence-corrected chi connectivity index (χ4v) is 2.16. The van der Waals surface area contributed by atoms with Crippen LogP contribution in [0.2, 0.25) is 5.02 Å². The average molecular weight is 287 g/mol. The van der Waals surface area contributed by atoms with Crippen LogP contribution in [-0.2, 0) is 6.42 Å². The highest BCUT2D eigenvalue weighted by Gasteiger charge is 2.14. The van der Waals surface area contributed by atoms with Gasteiger partial charge in [-0.05, 0) is 23.6 Å². The van der Waals surface area contributed by atoms with Crippen molar-refractivity contribution in [3.63, 3.8) is 0 Å². The summed E-state index contributed by atoms with van der Waals surface area (Å²) < 4.78 is 0. The lowest BCUT2D eigenvalue weighted by molar-refractivity contribution is -0.384. The van der Waals surface area contributed by atoms with Gasteiger partial charge < -0.3 is 0 Å². The van der Waals surface area contributed by atoms with Crippen LogP contribution in [0.25, 0.3) is 0 Å². The van der Waals surface area contributed by atoms with E-state index in [9.17, 15) is 15.4 Å². The van der Waals surface area contributed by atoms with Gasteiger partial charge >= 0.3 is 0 Å². The first-order valence-corrected chi connectivity index (χ1v) is 6.37.